The van der Waals surface area contributed by atoms with Gasteiger partial charge in [0.2, 0.25) is 5.91 Å². The lowest BCUT2D eigenvalue weighted by Crippen LogP contribution is -2.51. The number of aryl methyl sites for hydroxylation is 1. The second kappa shape index (κ2) is 10.1. The van der Waals surface area contributed by atoms with E-state index in [1.165, 1.54) is 24.3 Å². The van der Waals surface area contributed by atoms with E-state index in [-0.39, 0.29) is 24.4 Å². The number of nitrogens with zero attached hydrogens (tertiary/aromatic N) is 1. The summed E-state index contributed by atoms with van der Waals surface area (Å²) < 4.78 is 39.7. The third kappa shape index (κ3) is 5.33. The third-order valence-electron chi connectivity index (χ3n) is 8.68. The normalized spacial score (nSPS) is 28.6. The summed E-state index contributed by atoms with van der Waals surface area (Å²) in [5, 5.41) is 10.3. The molecule has 3 aliphatic rings. The van der Waals surface area contributed by atoms with E-state index >= 15 is 0 Å². The molecule has 1 heterocycles. The van der Waals surface area contributed by atoms with Crippen LogP contribution >= 0.6 is 0 Å². The Morgan fingerprint density at radius 1 is 1.16 bits per heavy atom. The first-order valence-corrected chi connectivity index (χ1v) is 14.5. The number of aliphatic hydroxyl groups is 1. The number of hydrogen-bond acceptors (Lipinski definition) is 6. The molecule has 0 spiro atoms. The number of hydrogen-bond donors (Lipinski definition) is 3. The van der Waals surface area contributed by atoms with Crippen molar-refractivity contribution in [1.29, 1.82) is 0 Å². The number of primary amides is 1. The summed E-state index contributed by atoms with van der Waals surface area (Å²) >= 11 is 0. The molecule has 1 amide bonds. The van der Waals surface area contributed by atoms with Gasteiger partial charge in [0.15, 0.2) is 0 Å². The summed E-state index contributed by atoms with van der Waals surface area (Å²) in [6.45, 7) is 1.98. The molecule has 2 aliphatic carbocycles. The number of carbonyl (C=O) groups is 1. The van der Waals surface area contributed by atoms with Crippen molar-refractivity contribution in [1.82, 2.24) is 4.90 Å². The number of carbonyl (C=O) groups excluding carboxylic acids is 1. The molecule has 4 unspecified atom stereocenters. The maximum absolute atomic E-state index is 12.3. The predicted molar refractivity (Wildman–Crippen MR) is 140 cm³/mol. The lowest BCUT2D eigenvalue weighted by Gasteiger charge is -2.44. The van der Waals surface area contributed by atoms with Crippen molar-refractivity contribution in [2.45, 2.75) is 48.9 Å². The number of piperidine rings is 1. The van der Waals surface area contributed by atoms with Crippen molar-refractivity contribution in [3.8, 4) is 0 Å². The molecule has 8 nitrogen and oxygen atoms in total. The molecule has 1 saturated carbocycles. The minimum Gasteiger partial charge on any atom is -0.388 e. The smallest absolute Gasteiger partial charge is 0.274 e. The predicted octanol–water partition coefficient (Wildman–Crippen LogP) is 2.71. The van der Waals surface area contributed by atoms with E-state index < -0.39 is 26.9 Å². The van der Waals surface area contributed by atoms with Crippen molar-refractivity contribution in [2.75, 3.05) is 33.4 Å². The molecule has 2 bridgehead atoms. The van der Waals surface area contributed by atoms with Crippen molar-refractivity contribution in [3.05, 3.63) is 70.3 Å². The summed E-state index contributed by atoms with van der Waals surface area (Å²) in [4.78, 5) is 14.4. The van der Waals surface area contributed by atoms with E-state index in [1.54, 1.807) is 12.1 Å². The quantitative estimate of drug-likeness (QED) is 0.449. The molecule has 2 aromatic rings. The molecule has 37 heavy (non-hydrogen) atoms. The molecule has 0 aromatic heterocycles. The molecule has 2 fully saturated rings. The number of methoxy groups -OCH3 is 1. The molecule has 9 heteroatoms. The summed E-state index contributed by atoms with van der Waals surface area (Å²) in [5.74, 6) is -0.0599. The highest BCUT2D eigenvalue weighted by Gasteiger charge is 2.46. The van der Waals surface area contributed by atoms with Gasteiger partial charge >= 0.3 is 0 Å². The second-order valence-corrected chi connectivity index (χ2v) is 12.8. The molecular formula is C28H36N2O6S. The largest absolute Gasteiger partial charge is 0.388 e. The molecular weight excluding hydrogens is 492 g/mol. The molecule has 2 aromatic carbocycles. The van der Waals surface area contributed by atoms with E-state index in [0.717, 1.165) is 44.3 Å². The van der Waals surface area contributed by atoms with Gasteiger partial charge in [-0.2, -0.15) is 8.42 Å². The van der Waals surface area contributed by atoms with Crippen LogP contribution < -0.4 is 5.73 Å². The lowest BCUT2D eigenvalue weighted by molar-refractivity contribution is -0.0220. The molecule has 1 aliphatic heterocycles. The number of likely N-dealkylation sites (tertiary alicyclic amines) is 1. The van der Waals surface area contributed by atoms with Crippen molar-refractivity contribution < 1.29 is 27.6 Å². The van der Waals surface area contributed by atoms with Crippen LogP contribution in [-0.4, -0.2) is 67.8 Å². The van der Waals surface area contributed by atoms with Gasteiger partial charge in [-0.15, -0.1) is 0 Å². The fourth-order valence-electron chi connectivity index (χ4n) is 7.09. The Labute approximate surface area is 218 Å². The van der Waals surface area contributed by atoms with Gasteiger partial charge in [-0.05, 0) is 77.8 Å². The van der Waals surface area contributed by atoms with Crippen LogP contribution in [0.1, 0.15) is 63.0 Å². The molecule has 5 rings (SSSR count). The zero-order valence-electron chi connectivity index (χ0n) is 21.2. The molecule has 200 valence electrons. The fourth-order valence-corrected chi connectivity index (χ4v) is 7.93. The Balaban J connectivity index is 1.41. The highest BCUT2D eigenvalue weighted by atomic mass is 32.2. The van der Waals surface area contributed by atoms with E-state index in [9.17, 15) is 22.9 Å². The highest BCUT2D eigenvalue weighted by molar-refractivity contribution is 7.86. The van der Waals surface area contributed by atoms with Crippen molar-refractivity contribution >= 4 is 16.0 Å². The molecule has 0 radical (unpaired) electrons. The molecule has 4 N–H and O–H groups in total. The van der Waals surface area contributed by atoms with Crippen LogP contribution in [0.4, 0.5) is 0 Å². The number of amides is 1. The summed E-state index contributed by atoms with van der Waals surface area (Å²) in [5.41, 5.74) is 8.88. The van der Waals surface area contributed by atoms with Gasteiger partial charge in [0.25, 0.3) is 10.1 Å². The van der Waals surface area contributed by atoms with E-state index in [2.05, 4.69) is 17.0 Å². The number of fused-ring (bicyclic) bond motifs is 3. The average Bonchev–Trinajstić information content (AvgIpc) is 3.11. The minimum absolute atomic E-state index is 0.0355. The molecule has 1 saturated heterocycles. The lowest BCUT2D eigenvalue weighted by atomic mass is 9.75. The second-order valence-electron chi connectivity index (χ2n) is 11.2. The van der Waals surface area contributed by atoms with Gasteiger partial charge in [-0.3, -0.25) is 14.2 Å². The van der Waals surface area contributed by atoms with Crippen molar-refractivity contribution in [2.24, 2.45) is 17.6 Å². The maximum atomic E-state index is 12.3. The zero-order chi connectivity index (χ0) is 26.4. The number of ether oxygens (including phenoxy) is 1. The number of benzene rings is 2. The van der Waals surface area contributed by atoms with E-state index in [1.807, 2.05) is 12.1 Å². The van der Waals surface area contributed by atoms with E-state index in [0.29, 0.717) is 24.1 Å². The van der Waals surface area contributed by atoms with Gasteiger partial charge in [-0.25, -0.2) is 0 Å². The van der Waals surface area contributed by atoms with Crippen molar-refractivity contribution in [3.63, 3.8) is 0 Å². The number of rotatable bonds is 8. The van der Waals surface area contributed by atoms with Crippen LogP contribution in [-0.2, 0) is 27.7 Å². The van der Waals surface area contributed by atoms with E-state index in [4.69, 9.17) is 10.5 Å². The third-order valence-corrected chi connectivity index (χ3v) is 9.79. The first-order chi connectivity index (χ1) is 17.6. The Morgan fingerprint density at radius 3 is 2.46 bits per heavy atom. The van der Waals surface area contributed by atoms with Crippen LogP contribution in [0, 0.1) is 11.8 Å². The van der Waals surface area contributed by atoms with Gasteiger partial charge < -0.3 is 15.6 Å². The Morgan fingerprint density at radius 2 is 1.84 bits per heavy atom. The fraction of sp³-hybridized carbons (Fsp3) is 0.536. The van der Waals surface area contributed by atoms with Gasteiger partial charge in [-0.1, -0.05) is 30.3 Å². The first kappa shape index (κ1) is 26.3. The number of β-amino-alcohol motifs (C(OH)–C–C–N with tert-alkyl or cyclic N) is 1. The van der Waals surface area contributed by atoms with Crippen LogP contribution in [0.2, 0.25) is 0 Å². The van der Waals surface area contributed by atoms with Crippen LogP contribution in [0.15, 0.2) is 42.5 Å². The SMILES string of the molecule is COCC(c1ccc(C(N)=O)cc1C1C2CCC1CN(CC1(O)CCc3ccccc3C1)C2)S(=O)(=O)O. The van der Waals surface area contributed by atoms with Crippen LogP contribution in [0.25, 0.3) is 0 Å². The summed E-state index contributed by atoms with van der Waals surface area (Å²) in [6, 6.07) is 13.1. The van der Waals surface area contributed by atoms with Gasteiger partial charge in [0, 0.05) is 38.7 Å². The minimum atomic E-state index is -4.44. The highest BCUT2D eigenvalue weighted by Crippen LogP contribution is 2.50. The first-order valence-electron chi connectivity index (χ1n) is 13.0. The Hall–Kier alpha value is -2.30. The average molecular weight is 529 g/mol. The Bertz CT molecular complexity index is 1270. The zero-order valence-corrected chi connectivity index (χ0v) is 22.0. The summed E-state index contributed by atoms with van der Waals surface area (Å²) in [7, 11) is -3.04. The standard InChI is InChI=1S/C28H36N2O6S/c1-36-16-25(37(33,34)35)23-9-8-19(27(29)31)12-24(23)26-21-6-7-22(26)15-30(14-21)17-28(32)11-10-18-4-2-3-5-20(18)13-28/h2-5,8-9,12,21-22,25-26,32H,6-7,10-11,13-17H2,1H3,(H2,29,31)(H,33,34,35). The van der Waals surface area contributed by atoms with Crippen LogP contribution in [0.5, 0.6) is 0 Å². The summed E-state index contributed by atoms with van der Waals surface area (Å²) in [6.07, 6.45) is 4.21. The number of nitrogens with two attached hydrogens (primary N) is 1. The Kier molecular flexibility index (Phi) is 7.19. The van der Waals surface area contributed by atoms with Gasteiger partial charge in [0.05, 0.1) is 12.2 Å². The van der Waals surface area contributed by atoms with Gasteiger partial charge in [0.1, 0.15) is 5.25 Å². The maximum Gasteiger partial charge on any atom is 0.274 e. The van der Waals surface area contributed by atoms with Crippen LogP contribution in [0.3, 0.4) is 0 Å². The monoisotopic (exact) mass is 528 g/mol. The molecule has 4 atom stereocenters. The topological polar surface area (TPSA) is 130 Å².